The lowest BCUT2D eigenvalue weighted by Gasteiger charge is -2.08. The van der Waals surface area contributed by atoms with E-state index in [1.807, 2.05) is 5.32 Å². The van der Waals surface area contributed by atoms with E-state index in [4.69, 9.17) is 10.2 Å². The highest BCUT2D eigenvalue weighted by Crippen LogP contribution is 2.09. The van der Waals surface area contributed by atoms with Crippen LogP contribution in [0.5, 0.6) is 0 Å². The molecular weight excluding hydrogens is 224 g/mol. The van der Waals surface area contributed by atoms with Gasteiger partial charge in [-0.3, -0.25) is 4.79 Å². The smallest absolute Gasteiger partial charge is 0.275 e. The van der Waals surface area contributed by atoms with Gasteiger partial charge in [0.05, 0.1) is 25.1 Å². The van der Waals surface area contributed by atoms with Crippen molar-refractivity contribution in [1.29, 1.82) is 0 Å². The molecule has 2 aromatic rings. The Morgan fingerprint density at radius 3 is 2.82 bits per heavy atom. The molecule has 0 bridgehead atoms. The summed E-state index contributed by atoms with van der Waals surface area (Å²) in [5, 5.41) is 19.7. The Morgan fingerprint density at radius 2 is 2.12 bits per heavy atom. The van der Waals surface area contributed by atoms with Crippen molar-refractivity contribution in [2.24, 2.45) is 0 Å². The first-order valence-electron chi connectivity index (χ1n) is 5.35. The lowest BCUT2D eigenvalue weighted by molar-refractivity contribution is -0.707. The van der Waals surface area contributed by atoms with Crippen LogP contribution in [0.25, 0.3) is 11.0 Å². The minimum atomic E-state index is -0.248. The van der Waals surface area contributed by atoms with Gasteiger partial charge in [0.15, 0.2) is 0 Å². The Hall–Kier alpha value is -1.70. The number of aliphatic hydroxyl groups is 2. The second-order valence-corrected chi connectivity index (χ2v) is 3.83. The number of hydrogen-bond acceptors (Lipinski definition) is 4. The molecule has 0 radical (unpaired) electrons. The highest BCUT2D eigenvalue weighted by Gasteiger charge is 2.12. The molecule has 2 aromatic heterocycles. The van der Waals surface area contributed by atoms with Crippen LogP contribution in [0.4, 0.5) is 0 Å². The average molecular weight is 239 g/mol. The molecule has 0 spiro atoms. The third-order valence-corrected chi connectivity index (χ3v) is 2.69. The number of aromatic amines is 2. The van der Waals surface area contributed by atoms with E-state index in [0.717, 1.165) is 5.56 Å². The van der Waals surface area contributed by atoms with E-state index in [-0.39, 0.29) is 24.8 Å². The molecule has 7 nitrogen and oxygen atoms in total. The van der Waals surface area contributed by atoms with Crippen molar-refractivity contribution in [3.05, 3.63) is 28.4 Å². The van der Waals surface area contributed by atoms with Crippen molar-refractivity contribution >= 4 is 11.0 Å². The Labute approximate surface area is 96.5 Å². The fourth-order valence-electron chi connectivity index (χ4n) is 1.66. The second-order valence-electron chi connectivity index (χ2n) is 3.83. The van der Waals surface area contributed by atoms with Crippen LogP contribution in [-0.2, 0) is 6.54 Å². The van der Waals surface area contributed by atoms with Gasteiger partial charge in [0, 0.05) is 6.20 Å². The molecule has 0 saturated heterocycles. The first-order valence-corrected chi connectivity index (χ1v) is 5.35. The summed E-state index contributed by atoms with van der Waals surface area (Å²) in [5.74, 6) is 0. The summed E-state index contributed by atoms with van der Waals surface area (Å²) in [6.07, 6.45) is 3.08. The Balaban J connectivity index is 2.20. The predicted octanol–water partition coefficient (Wildman–Crippen LogP) is -2.33. The maximum atomic E-state index is 11.4. The normalized spacial score (nSPS) is 11.5. The molecule has 0 amide bonds. The molecule has 0 fully saturated rings. The number of nitrogens with two attached hydrogens (primary N) is 1. The molecule has 0 aliphatic carbocycles. The molecule has 0 unspecified atom stereocenters. The number of nitrogens with one attached hydrogen (secondary N) is 2. The molecule has 2 rings (SSSR count). The van der Waals surface area contributed by atoms with Gasteiger partial charge in [0.1, 0.15) is 23.6 Å². The zero-order valence-corrected chi connectivity index (χ0v) is 9.18. The standard InChI is InChI=1S/C10H14N4O3/c15-3-7(4-16)11-1-6-2-12-9-8(6)13-5-14-10(9)17/h2,5,7,11-12,15-16H,1,3-4H2,(H,13,14,17)/p+1. The van der Waals surface area contributed by atoms with Crippen LogP contribution in [0.15, 0.2) is 17.3 Å². The highest BCUT2D eigenvalue weighted by molar-refractivity contribution is 5.77. The third kappa shape index (κ3) is 2.36. The van der Waals surface area contributed by atoms with Gasteiger partial charge < -0.3 is 25.5 Å². The van der Waals surface area contributed by atoms with Gasteiger partial charge in [0.2, 0.25) is 0 Å². The van der Waals surface area contributed by atoms with E-state index >= 15 is 0 Å². The van der Waals surface area contributed by atoms with Crippen molar-refractivity contribution < 1.29 is 15.5 Å². The number of rotatable bonds is 5. The molecule has 6 N–H and O–H groups in total. The summed E-state index contributed by atoms with van der Waals surface area (Å²) >= 11 is 0. The number of aliphatic hydroxyl groups excluding tert-OH is 2. The van der Waals surface area contributed by atoms with E-state index in [1.54, 1.807) is 6.20 Å². The van der Waals surface area contributed by atoms with Crippen LogP contribution in [0.1, 0.15) is 5.56 Å². The van der Waals surface area contributed by atoms with Gasteiger partial charge in [-0.05, 0) is 0 Å². The van der Waals surface area contributed by atoms with E-state index in [1.165, 1.54) is 6.33 Å². The molecule has 0 saturated carbocycles. The van der Waals surface area contributed by atoms with Gasteiger partial charge in [-0.25, -0.2) is 4.98 Å². The van der Waals surface area contributed by atoms with Crippen molar-refractivity contribution in [3.63, 3.8) is 0 Å². The monoisotopic (exact) mass is 239 g/mol. The number of hydrogen-bond donors (Lipinski definition) is 5. The van der Waals surface area contributed by atoms with Crippen molar-refractivity contribution in [3.8, 4) is 0 Å². The van der Waals surface area contributed by atoms with Crippen molar-refractivity contribution in [2.45, 2.75) is 12.6 Å². The summed E-state index contributed by atoms with van der Waals surface area (Å²) in [6.45, 7) is 0.363. The summed E-state index contributed by atoms with van der Waals surface area (Å²) in [6, 6.07) is -0.248. The molecule has 0 aliphatic rings. The molecule has 7 heteroatoms. The van der Waals surface area contributed by atoms with Crippen LogP contribution in [-0.4, -0.2) is 44.4 Å². The minimum Gasteiger partial charge on any atom is -0.390 e. The molecule has 0 atom stereocenters. The summed E-state index contributed by atoms with van der Waals surface area (Å²) in [5.41, 5.74) is 1.74. The first kappa shape index (κ1) is 11.8. The predicted molar refractivity (Wildman–Crippen MR) is 60.3 cm³/mol. The number of fused-ring (bicyclic) bond motifs is 1. The first-order chi connectivity index (χ1) is 8.26. The lowest BCUT2D eigenvalue weighted by Crippen LogP contribution is -2.90. The molecular formula is C10H15N4O3+. The van der Waals surface area contributed by atoms with E-state index in [2.05, 4.69) is 15.0 Å². The third-order valence-electron chi connectivity index (χ3n) is 2.69. The highest BCUT2D eigenvalue weighted by atomic mass is 16.3. The zero-order chi connectivity index (χ0) is 12.3. The van der Waals surface area contributed by atoms with Crippen molar-refractivity contribution in [2.75, 3.05) is 13.2 Å². The van der Waals surface area contributed by atoms with Crippen LogP contribution < -0.4 is 10.9 Å². The van der Waals surface area contributed by atoms with E-state index in [0.29, 0.717) is 17.6 Å². The van der Waals surface area contributed by atoms with Gasteiger partial charge in [-0.2, -0.15) is 0 Å². The molecule has 0 aliphatic heterocycles. The fourth-order valence-corrected chi connectivity index (χ4v) is 1.66. The Morgan fingerprint density at radius 1 is 1.35 bits per heavy atom. The van der Waals surface area contributed by atoms with Crippen molar-refractivity contribution in [1.82, 2.24) is 15.0 Å². The largest absolute Gasteiger partial charge is 0.390 e. The zero-order valence-electron chi connectivity index (χ0n) is 9.18. The maximum Gasteiger partial charge on any atom is 0.275 e. The fraction of sp³-hybridized carbons (Fsp3) is 0.400. The van der Waals surface area contributed by atoms with Crippen LogP contribution in [0, 0.1) is 0 Å². The minimum absolute atomic E-state index is 0.0904. The Bertz CT molecular complexity index is 544. The van der Waals surface area contributed by atoms with Gasteiger partial charge in [0.25, 0.3) is 5.56 Å². The lowest BCUT2D eigenvalue weighted by atomic mass is 10.2. The van der Waals surface area contributed by atoms with Gasteiger partial charge in [-0.15, -0.1) is 0 Å². The number of aromatic nitrogens is 3. The van der Waals surface area contributed by atoms with Crippen LogP contribution in [0.3, 0.4) is 0 Å². The van der Waals surface area contributed by atoms with Gasteiger partial charge in [-0.1, -0.05) is 0 Å². The molecule has 17 heavy (non-hydrogen) atoms. The molecule has 2 heterocycles. The summed E-state index contributed by atoms with van der Waals surface area (Å²) < 4.78 is 0. The number of nitrogens with zero attached hydrogens (tertiary/aromatic N) is 1. The van der Waals surface area contributed by atoms with E-state index in [9.17, 15) is 4.79 Å². The summed E-state index contributed by atoms with van der Waals surface area (Å²) in [7, 11) is 0. The molecule has 92 valence electrons. The topological polar surface area (TPSA) is 119 Å². The number of H-pyrrole nitrogens is 2. The van der Waals surface area contributed by atoms with Crippen LogP contribution in [0.2, 0.25) is 0 Å². The summed E-state index contributed by atoms with van der Waals surface area (Å²) in [4.78, 5) is 20.9. The average Bonchev–Trinajstić information content (AvgIpc) is 2.75. The van der Waals surface area contributed by atoms with Crippen LogP contribution >= 0.6 is 0 Å². The number of quaternary nitrogens is 1. The maximum absolute atomic E-state index is 11.4. The Kier molecular flexibility index (Phi) is 3.52. The second kappa shape index (κ2) is 5.09. The molecule has 0 aromatic carbocycles. The SMILES string of the molecule is O=c1[nH]cnc2c(C[NH2+]C(CO)CO)c[nH]c12. The quantitative estimate of drug-likeness (QED) is 0.402. The van der Waals surface area contributed by atoms with E-state index < -0.39 is 0 Å². The van der Waals surface area contributed by atoms with Gasteiger partial charge >= 0.3 is 0 Å².